The smallest absolute Gasteiger partial charge is 0.326 e. The van der Waals surface area contributed by atoms with Crippen molar-refractivity contribution in [3.05, 3.63) is 35.9 Å². The van der Waals surface area contributed by atoms with Crippen LogP contribution in [0.5, 0.6) is 0 Å². The van der Waals surface area contributed by atoms with Crippen LogP contribution in [0.15, 0.2) is 30.3 Å². The standard InChI is InChI=1S/C26H41N5O6/c1-5-16(4)22(26(36)37)31-24(34)19(11-12-21(28)32)29-25(35)20(14-17-9-7-6-8-10-17)30-23(33)18(27)13-15(2)3/h6-10,15-16,18-20,22H,5,11-14,27H2,1-4H3,(H2,28,32)(H,29,35)(H,30,33)(H,31,34)(H,36,37). The van der Waals surface area contributed by atoms with E-state index in [2.05, 4.69) is 16.0 Å². The fraction of sp³-hybridized carbons (Fsp3) is 0.577. The van der Waals surface area contributed by atoms with Crippen LogP contribution in [0.1, 0.15) is 58.9 Å². The molecule has 0 aliphatic carbocycles. The number of primary amides is 1. The number of aliphatic carboxylic acids is 1. The number of nitrogens with two attached hydrogens (primary N) is 2. The van der Waals surface area contributed by atoms with Gasteiger partial charge in [-0.1, -0.05) is 64.4 Å². The number of rotatable bonds is 16. The van der Waals surface area contributed by atoms with Gasteiger partial charge >= 0.3 is 5.97 Å². The summed E-state index contributed by atoms with van der Waals surface area (Å²) in [5, 5.41) is 17.2. The molecule has 37 heavy (non-hydrogen) atoms. The SMILES string of the molecule is CCC(C)C(NC(=O)C(CCC(N)=O)NC(=O)C(Cc1ccccc1)NC(=O)C(N)CC(C)C)C(=O)O. The second-order valence-electron chi connectivity index (χ2n) is 9.76. The summed E-state index contributed by atoms with van der Waals surface area (Å²) in [6, 6.07) is 4.67. The molecule has 5 atom stereocenters. The quantitative estimate of drug-likeness (QED) is 0.182. The number of amides is 4. The van der Waals surface area contributed by atoms with E-state index < -0.39 is 53.8 Å². The molecule has 0 radical (unpaired) electrons. The molecule has 0 spiro atoms. The minimum absolute atomic E-state index is 0.127. The number of hydrogen-bond acceptors (Lipinski definition) is 6. The Bertz CT molecular complexity index is 923. The third-order valence-electron chi connectivity index (χ3n) is 6.07. The molecule has 4 amide bonds. The van der Waals surface area contributed by atoms with Crippen LogP contribution in [-0.2, 0) is 30.4 Å². The maximum Gasteiger partial charge on any atom is 0.326 e. The van der Waals surface area contributed by atoms with E-state index in [0.29, 0.717) is 12.8 Å². The molecule has 1 aromatic rings. The maximum absolute atomic E-state index is 13.3. The average molecular weight is 520 g/mol. The van der Waals surface area contributed by atoms with E-state index in [-0.39, 0.29) is 31.1 Å². The van der Waals surface area contributed by atoms with Crippen LogP contribution in [0.25, 0.3) is 0 Å². The molecule has 8 N–H and O–H groups in total. The molecule has 0 fully saturated rings. The van der Waals surface area contributed by atoms with Gasteiger partial charge in [-0.05, 0) is 30.2 Å². The molecule has 0 saturated heterocycles. The Morgan fingerprint density at radius 1 is 0.892 bits per heavy atom. The van der Waals surface area contributed by atoms with Crippen molar-refractivity contribution >= 4 is 29.6 Å². The summed E-state index contributed by atoms with van der Waals surface area (Å²) in [7, 11) is 0. The van der Waals surface area contributed by atoms with Crippen LogP contribution in [0.3, 0.4) is 0 Å². The maximum atomic E-state index is 13.3. The van der Waals surface area contributed by atoms with Gasteiger partial charge in [-0.3, -0.25) is 19.2 Å². The summed E-state index contributed by atoms with van der Waals surface area (Å²) in [5.41, 5.74) is 12.0. The zero-order valence-corrected chi connectivity index (χ0v) is 22.0. The molecule has 11 nitrogen and oxygen atoms in total. The van der Waals surface area contributed by atoms with Crippen molar-refractivity contribution in [1.82, 2.24) is 16.0 Å². The summed E-state index contributed by atoms with van der Waals surface area (Å²) >= 11 is 0. The van der Waals surface area contributed by atoms with Gasteiger partial charge in [-0.25, -0.2) is 4.79 Å². The van der Waals surface area contributed by atoms with E-state index in [1.807, 2.05) is 19.9 Å². The molecule has 0 heterocycles. The van der Waals surface area contributed by atoms with Crippen molar-refractivity contribution in [2.24, 2.45) is 23.3 Å². The topological polar surface area (TPSA) is 194 Å². The first-order chi connectivity index (χ1) is 17.3. The molecule has 0 saturated carbocycles. The fourth-order valence-electron chi connectivity index (χ4n) is 3.72. The molecule has 0 bridgehead atoms. The minimum atomic E-state index is -1.24. The second kappa shape index (κ2) is 15.6. The molecule has 11 heteroatoms. The van der Waals surface area contributed by atoms with E-state index in [4.69, 9.17) is 11.5 Å². The van der Waals surface area contributed by atoms with Crippen molar-refractivity contribution in [2.75, 3.05) is 0 Å². The molecular formula is C26H41N5O6. The first-order valence-electron chi connectivity index (χ1n) is 12.6. The van der Waals surface area contributed by atoms with Crippen LogP contribution < -0.4 is 27.4 Å². The van der Waals surface area contributed by atoms with Gasteiger partial charge in [0.05, 0.1) is 6.04 Å². The first-order valence-corrected chi connectivity index (χ1v) is 12.6. The highest BCUT2D eigenvalue weighted by atomic mass is 16.4. The normalized spacial score (nSPS) is 15.1. The molecule has 1 rings (SSSR count). The van der Waals surface area contributed by atoms with Crippen molar-refractivity contribution in [2.45, 2.75) is 84.0 Å². The van der Waals surface area contributed by atoms with E-state index >= 15 is 0 Å². The summed E-state index contributed by atoms with van der Waals surface area (Å²) < 4.78 is 0. The van der Waals surface area contributed by atoms with E-state index in [1.54, 1.807) is 38.1 Å². The Morgan fingerprint density at radius 2 is 1.46 bits per heavy atom. The zero-order valence-electron chi connectivity index (χ0n) is 22.0. The van der Waals surface area contributed by atoms with E-state index in [0.717, 1.165) is 5.56 Å². The molecule has 206 valence electrons. The lowest BCUT2D eigenvalue weighted by atomic mass is 9.98. The fourth-order valence-corrected chi connectivity index (χ4v) is 3.72. The van der Waals surface area contributed by atoms with E-state index in [1.165, 1.54) is 0 Å². The highest BCUT2D eigenvalue weighted by Crippen LogP contribution is 2.11. The van der Waals surface area contributed by atoms with Gasteiger partial charge in [0.15, 0.2) is 0 Å². The highest BCUT2D eigenvalue weighted by Gasteiger charge is 2.32. The molecular weight excluding hydrogens is 478 g/mol. The summed E-state index contributed by atoms with van der Waals surface area (Å²) in [5.74, 6) is -4.05. The largest absolute Gasteiger partial charge is 0.480 e. The predicted octanol–water partition coefficient (Wildman–Crippen LogP) is 0.453. The Hall–Kier alpha value is -3.47. The second-order valence-corrected chi connectivity index (χ2v) is 9.76. The molecule has 0 aliphatic heterocycles. The Kier molecular flexibility index (Phi) is 13.3. The lowest BCUT2D eigenvalue weighted by Gasteiger charge is -2.26. The van der Waals surface area contributed by atoms with Crippen LogP contribution in [0.4, 0.5) is 0 Å². The lowest BCUT2D eigenvalue weighted by Crippen LogP contribution is -2.58. The molecule has 0 aromatic heterocycles. The van der Waals surface area contributed by atoms with Gasteiger partial charge < -0.3 is 32.5 Å². The van der Waals surface area contributed by atoms with Gasteiger partial charge in [0.2, 0.25) is 23.6 Å². The predicted molar refractivity (Wildman–Crippen MR) is 139 cm³/mol. The van der Waals surface area contributed by atoms with E-state index in [9.17, 15) is 29.1 Å². The molecule has 5 unspecified atom stereocenters. The third kappa shape index (κ3) is 11.4. The van der Waals surface area contributed by atoms with Crippen LogP contribution >= 0.6 is 0 Å². The number of benzene rings is 1. The minimum Gasteiger partial charge on any atom is -0.480 e. The number of carbonyl (C=O) groups is 5. The average Bonchev–Trinajstić information content (AvgIpc) is 2.83. The first kappa shape index (κ1) is 31.6. The Balaban J connectivity index is 3.15. The number of carboxylic acids is 1. The van der Waals surface area contributed by atoms with Crippen LogP contribution in [0.2, 0.25) is 0 Å². The monoisotopic (exact) mass is 519 g/mol. The summed E-state index contributed by atoms with van der Waals surface area (Å²) in [6.07, 6.45) is 0.688. The van der Waals surface area contributed by atoms with Crippen LogP contribution in [0, 0.1) is 11.8 Å². The van der Waals surface area contributed by atoms with Crippen molar-refractivity contribution in [3.63, 3.8) is 0 Å². The lowest BCUT2D eigenvalue weighted by molar-refractivity contribution is -0.144. The van der Waals surface area contributed by atoms with Gasteiger partial charge in [-0.15, -0.1) is 0 Å². The number of nitrogens with one attached hydrogen (secondary N) is 3. The number of carbonyl (C=O) groups excluding carboxylic acids is 4. The highest BCUT2D eigenvalue weighted by molar-refractivity contribution is 5.94. The van der Waals surface area contributed by atoms with Crippen molar-refractivity contribution in [3.8, 4) is 0 Å². The van der Waals surface area contributed by atoms with Crippen LogP contribution in [-0.4, -0.2) is 58.9 Å². The summed E-state index contributed by atoms with van der Waals surface area (Å²) in [4.78, 5) is 62.1. The molecule has 0 aliphatic rings. The van der Waals surface area contributed by atoms with Gasteiger partial charge in [0, 0.05) is 12.8 Å². The van der Waals surface area contributed by atoms with Gasteiger partial charge in [-0.2, -0.15) is 0 Å². The van der Waals surface area contributed by atoms with Gasteiger partial charge in [0.25, 0.3) is 0 Å². The number of carboxylic acid groups (broad SMARTS) is 1. The van der Waals surface area contributed by atoms with Crippen molar-refractivity contribution < 1.29 is 29.1 Å². The Morgan fingerprint density at radius 3 is 1.97 bits per heavy atom. The Labute approximate surface area is 218 Å². The van der Waals surface area contributed by atoms with Crippen molar-refractivity contribution in [1.29, 1.82) is 0 Å². The third-order valence-corrected chi connectivity index (χ3v) is 6.07. The van der Waals surface area contributed by atoms with Gasteiger partial charge in [0.1, 0.15) is 18.1 Å². The molecule has 1 aromatic carbocycles. The zero-order chi connectivity index (χ0) is 28.1. The summed E-state index contributed by atoms with van der Waals surface area (Å²) in [6.45, 7) is 7.32. The number of hydrogen-bond donors (Lipinski definition) is 6.